The molecule has 1 aliphatic heterocycles. The highest BCUT2D eigenvalue weighted by molar-refractivity contribution is 7.54. The molecule has 3 fully saturated rings. The number of halogens is 3. The average molecular weight is 724 g/mol. The summed E-state index contributed by atoms with van der Waals surface area (Å²) in [6, 6.07) is 0. The quantitative estimate of drug-likeness (QED) is 0.0698. The zero-order chi connectivity index (χ0) is 35.2. The Hall–Kier alpha value is -1.96. The lowest BCUT2D eigenvalue weighted by atomic mass is 9.69. The van der Waals surface area contributed by atoms with Gasteiger partial charge in [0.25, 0.3) is 0 Å². The van der Waals surface area contributed by atoms with Crippen molar-refractivity contribution in [3.63, 3.8) is 0 Å². The highest BCUT2D eigenvalue weighted by Gasteiger charge is 2.43. The second-order valence-corrected chi connectivity index (χ2v) is 17.4. The molecule has 0 bridgehead atoms. The molecule has 2 saturated carbocycles. The Labute approximate surface area is 288 Å². The molecular formula is C32H46AlCl3O10. The number of aliphatic carboxylic acids is 2. The normalized spacial score (nSPS) is 23.4. The summed E-state index contributed by atoms with van der Waals surface area (Å²) >= 11 is -1.72. The number of ketones is 1. The Morgan fingerprint density at radius 3 is 1.67 bits per heavy atom. The highest BCUT2D eigenvalue weighted by atomic mass is 35.8. The third kappa shape index (κ3) is 16.7. The van der Waals surface area contributed by atoms with E-state index in [2.05, 4.69) is 26.0 Å². The molecule has 0 spiro atoms. The van der Waals surface area contributed by atoms with Crippen LogP contribution in [0.3, 0.4) is 0 Å². The van der Waals surface area contributed by atoms with E-state index in [4.69, 9.17) is 59.4 Å². The third-order valence-corrected chi connectivity index (χ3v) is 7.83. The van der Waals surface area contributed by atoms with Crippen molar-refractivity contribution < 1.29 is 48.5 Å². The Kier molecular flexibility index (Phi) is 24.0. The molecule has 258 valence electrons. The molecule has 5 rings (SSSR count). The van der Waals surface area contributed by atoms with E-state index in [-0.39, 0.29) is 24.2 Å². The smallest absolute Gasteiger partial charge is 0.481 e. The Balaban J connectivity index is 0.000000607. The number of Topliss-reactive ketones (excluding diaryl/α,β-unsaturated/α-hetero) is 1. The maximum Gasteiger partial charge on any atom is 0.643 e. The summed E-state index contributed by atoms with van der Waals surface area (Å²) in [6.07, 6.45) is 14.1. The first-order valence-electron chi connectivity index (χ1n) is 15.6. The van der Waals surface area contributed by atoms with Crippen LogP contribution in [0, 0.1) is 23.7 Å². The molecule has 0 aromatic rings. The molecule has 0 radical (unpaired) electrons. The highest BCUT2D eigenvalue weighted by Crippen LogP contribution is 2.51. The maximum atomic E-state index is 11.7. The molecule has 1 heterocycles. The summed E-state index contributed by atoms with van der Waals surface area (Å²) in [7, 11) is 14.8. The van der Waals surface area contributed by atoms with Crippen LogP contribution in [-0.2, 0) is 38.2 Å². The van der Waals surface area contributed by atoms with E-state index in [1.54, 1.807) is 6.92 Å². The number of hydrogen-bond donors (Lipinski definition) is 2. The van der Waals surface area contributed by atoms with Crippen molar-refractivity contribution in [1.82, 2.24) is 0 Å². The molecule has 0 aromatic carbocycles. The van der Waals surface area contributed by atoms with E-state index in [1.807, 2.05) is 6.92 Å². The van der Waals surface area contributed by atoms with Crippen molar-refractivity contribution in [3.05, 3.63) is 34.4 Å². The maximum absolute atomic E-state index is 11.7. The molecule has 1 saturated heterocycles. The first kappa shape index (κ1) is 44.0. The van der Waals surface area contributed by atoms with E-state index in [9.17, 15) is 19.2 Å². The number of rotatable bonds is 7. The summed E-state index contributed by atoms with van der Waals surface area (Å²) in [6.45, 7) is 9.99. The standard InChI is InChI=1S/C14H18O4.C9H12O.C4H8O2.C4H8O.CO2.Al.3ClH/c1-3-8-5-9-7-11(10(9)6-8)12(13(15)16)14(17)18-4-2;1-2-6-3-7-5-9(10)8(7)4-6;1-2-3-4(5)6;1-2-4-5-3-1;2-1-3;;;;/h6,9-10H,3-5,7H2,1-2H3,(H,15,16);4,7-8H,2-3,5H2,1H3;2-3H2,1H3,(H,5,6);1-4H2;;;3*1H/q;;;;;+3;;;/p-3/t9-,10-;7-,8-;;;;;;;/m11......./s1. The molecule has 10 nitrogen and oxygen atoms in total. The predicted molar refractivity (Wildman–Crippen MR) is 176 cm³/mol. The predicted octanol–water partition coefficient (Wildman–Crippen LogP) is 7.01. The number of ether oxygens (including phenoxy) is 2. The lowest BCUT2D eigenvalue weighted by Crippen LogP contribution is -2.32. The zero-order valence-corrected chi connectivity index (χ0v) is 30.5. The van der Waals surface area contributed by atoms with Gasteiger partial charge in [-0.15, -0.1) is 0 Å². The second kappa shape index (κ2) is 25.1. The van der Waals surface area contributed by atoms with Crippen LogP contribution in [0.5, 0.6) is 0 Å². The van der Waals surface area contributed by atoms with E-state index in [1.165, 1.54) is 30.4 Å². The SMILES string of the molecule is C1CCOC1.CCC1=C[C@H]2C(=O)C[C@H]2C1.CCCC(=O)O.CCOC(=O)C(C(=O)O)=C1C[C@H]2CC(CC)=C[C@@H]12.O=C=O.[Cl][Al]([Cl])[Cl]. The van der Waals surface area contributed by atoms with Crippen molar-refractivity contribution >= 4 is 71.4 Å². The fourth-order valence-corrected chi connectivity index (χ4v) is 5.55. The van der Waals surface area contributed by atoms with E-state index < -0.39 is 29.3 Å². The van der Waals surface area contributed by atoms with Crippen LogP contribution in [0.4, 0.5) is 0 Å². The van der Waals surface area contributed by atoms with Gasteiger partial charge in [0, 0.05) is 37.9 Å². The number of carbonyl (C=O) groups excluding carboxylic acids is 4. The molecule has 2 N–H and O–H groups in total. The number of allylic oxidation sites excluding steroid dienone is 5. The number of carboxylic acids is 2. The minimum atomic E-state index is -1.72. The van der Waals surface area contributed by atoms with Gasteiger partial charge in [0.2, 0.25) is 0 Å². The summed E-state index contributed by atoms with van der Waals surface area (Å²) in [4.78, 5) is 59.7. The Morgan fingerprint density at radius 2 is 1.37 bits per heavy atom. The van der Waals surface area contributed by atoms with Crippen LogP contribution in [0.2, 0.25) is 0 Å². The molecule has 5 aliphatic rings. The number of carbonyl (C=O) groups is 4. The first-order chi connectivity index (χ1) is 21.8. The number of carboxylic acid groups (broad SMARTS) is 2. The largest absolute Gasteiger partial charge is 0.643 e. The van der Waals surface area contributed by atoms with Gasteiger partial charge in [0.15, 0.2) is 0 Å². The topological polar surface area (TPSA) is 161 Å². The summed E-state index contributed by atoms with van der Waals surface area (Å²) in [5, 5.41) is 17.1. The van der Waals surface area contributed by atoms with Gasteiger partial charge in [0.05, 0.1) is 6.61 Å². The lowest BCUT2D eigenvalue weighted by molar-refractivity contribution is -0.191. The van der Waals surface area contributed by atoms with Gasteiger partial charge in [-0.2, -0.15) is 9.59 Å². The van der Waals surface area contributed by atoms with Crippen LogP contribution >= 0.6 is 30.1 Å². The van der Waals surface area contributed by atoms with Gasteiger partial charge in [-0.1, -0.05) is 44.1 Å². The number of esters is 1. The fourth-order valence-electron chi connectivity index (χ4n) is 5.55. The van der Waals surface area contributed by atoms with Gasteiger partial charge >= 0.3 is 35.4 Å². The van der Waals surface area contributed by atoms with Gasteiger partial charge in [-0.05, 0) is 75.7 Å². The minimum absolute atomic E-state index is 0.147. The van der Waals surface area contributed by atoms with Gasteiger partial charge in [-0.25, -0.2) is 39.7 Å². The molecule has 0 aromatic heterocycles. The van der Waals surface area contributed by atoms with Crippen molar-refractivity contribution in [2.24, 2.45) is 23.7 Å². The van der Waals surface area contributed by atoms with Crippen LogP contribution in [0.1, 0.15) is 91.9 Å². The lowest BCUT2D eigenvalue weighted by Gasteiger charge is -2.34. The molecule has 0 amide bonds. The summed E-state index contributed by atoms with van der Waals surface area (Å²) in [5.41, 5.74) is 3.47. The van der Waals surface area contributed by atoms with E-state index in [0.29, 0.717) is 36.4 Å². The van der Waals surface area contributed by atoms with Gasteiger partial charge in [0.1, 0.15) is 11.4 Å². The van der Waals surface area contributed by atoms with E-state index in [0.717, 1.165) is 50.9 Å². The number of fused-ring (bicyclic) bond motifs is 2. The minimum Gasteiger partial charge on any atom is -0.481 e. The molecule has 4 atom stereocenters. The Morgan fingerprint density at radius 1 is 0.891 bits per heavy atom. The number of hydrogen-bond acceptors (Lipinski definition) is 8. The Bertz CT molecular complexity index is 1110. The summed E-state index contributed by atoms with van der Waals surface area (Å²) in [5.74, 6) is -0.408. The molecule has 4 aliphatic carbocycles. The molecule has 14 heteroatoms. The molecule has 0 unspecified atom stereocenters. The zero-order valence-electron chi connectivity index (χ0n) is 27.0. The van der Waals surface area contributed by atoms with E-state index >= 15 is 0 Å². The van der Waals surface area contributed by atoms with Crippen molar-refractivity contribution in [3.8, 4) is 0 Å². The molecule has 46 heavy (non-hydrogen) atoms. The average Bonchev–Trinajstić information content (AvgIpc) is 3.72. The van der Waals surface area contributed by atoms with Gasteiger partial charge in [-0.3, -0.25) is 9.59 Å². The fraction of sp³-hybridized carbons (Fsp3) is 0.656. The second-order valence-electron chi connectivity index (χ2n) is 10.9. The van der Waals surface area contributed by atoms with Crippen molar-refractivity contribution in [1.29, 1.82) is 0 Å². The van der Waals surface area contributed by atoms with Gasteiger partial charge < -0.3 is 19.7 Å². The van der Waals surface area contributed by atoms with Crippen molar-refractivity contribution in [2.45, 2.75) is 91.9 Å². The van der Waals surface area contributed by atoms with Crippen molar-refractivity contribution in [2.75, 3.05) is 19.8 Å². The van der Waals surface area contributed by atoms with Crippen LogP contribution in [0.15, 0.2) is 34.4 Å². The monoisotopic (exact) mass is 722 g/mol. The molecular weight excluding hydrogens is 678 g/mol. The first-order valence-corrected chi connectivity index (χ1v) is 20.8. The van der Waals surface area contributed by atoms with Crippen LogP contribution in [-0.4, -0.2) is 71.3 Å². The summed E-state index contributed by atoms with van der Waals surface area (Å²) < 4.78 is 9.77. The third-order valence-electron chi connectivity index (χ3n) is 7.83. The van der Waals surface area contributed by atoms with Crippen LogP contribution in [0.25, 0.3) is 0 Å². The van der Waals surface area contributed by atoms with Crippen LogP contribution < -0.4 is 0 Å².